The molecule has 0 aliphatic heterocycles. The lowest BCUT2D eigenvalue weighted by Crippen LogP contribution is -2.38. The van der Waals surface area contributed by atoms with Gasteiger partial charge in [0.2, 0.25) is 0 Å². The smallest absolute Gasteiger partial charge is 0.142 e. The number of nitrogens with one attached hydrogen (secondary N) is 1. The van der Waals surface area contributed by atoms with Crippen molar-refractivity contribution in [2.24, 2.45) is 5.84 Å². The van der Waals surface area contributed by atoms with Crippen LogP contribution in [0.3, 0.4) is 0 Å². The van der Waals surface area contributed by atoms with Gasteiger partial charge in [-0.2, -0.15) is 0 Å². The minimum absolute atomic E-state index is 0.00767. The minimum atomic E-state index is -0.399. The number of benzene rings is 2. The molecule has 0 aromatic heterocycles. The molecule has 0 amide bonds. The van der Waals surface area contributed by atoms with E-state index in [0.717, 1.165) is 20.7 Å². The normalized spacial score (nSPS) is 12.4. The predicted octanol–water partition coefficient (Wildman–Crippen LogP) is 4.41. The van der Waals surface area contributed by atoms with Crippen LogP contribution in [0.5, 0.6) is 0 Å². The largest absolute Gasteiger partial charge is 0.271 e. The van der Waals surface area contributed by atoms with Gasteiger partial charge in [0, 0.05) is 21.2 Å². The predicted molar refractivity (Wildman–Crippen MR) is 91.1 cm³/mol. The van der Waals surface area contributed by atoms with Crippen molar-refractivity contribution in [1.29, 1.82) is 0 Å². The second-order valence-corrected chi connectivity index (χ2v) is 6.94. The Morgan fingerprint density at radius 3 is 2.76 bits per heavy atom. The molecule has 0 aliphatic carbocycles. The Hall–Kier alpha value is -0.590. The fourth-order valence-electron chi connectivity index (χ4n) is 1.89. The Labute approximate surface area is 141 Å². The van der Waals surface area contributed by atoms with Gasteiger partial charge in [-0.25, -0.2) is 4.39 Å². The molecule has 0 spiro atoms. The number of hydrazine groups is 1. The van der Waals surface area contributed by atoms with Crippen LogP contribution >= 0.6 is 39.3 Å². The fraction of sp³-hybridized carbons (Fsp3) is 0.200. The average Bonchev–Trinajstić information content (AvgIpc) is 2.48. The van der Waals surface area contributed by atoms with E-state index in [9.17, 15) is 4.39 Å². The first kappa shape index (κ1) is 16.8. The Morgan fingerprint density at radius 1 is 1.29 bits per heavy atom. The third-order valence-electron chi connectivity index (χ3n) is 2.98. The molecule has 0 saturated carbocycles. The van der Waals surface area contributed by atoms with Gasteiger partial charge in [0.05, 0.1) is 5.02 Å². The molecular weight excluding hydrogens is 375 g/mol. The highest BCUT2D eigenvalue weighted by atomic mass is 79.9. The highest BCUT2D eigenvalue weighted by Gasteiger charge is 2.13. The van der Waals surface area contributed by atoms with E-state index in [0.29, 0.717) is 6.42 Å². The van der Waals surface area contributed by atoms with Gasteiger partial charge in [-0.3, -0.25) is 11.3 Å². The zero-order chi connectivity index (χ0) is 15.2. The fourth-order valence-corrected chi connectivity index (χ4v) is 3.64. The Bertz CT molecular complexity index is 612. The average molecular weight is 390 g/mol. The third kappa shape index (κ3) is 4.97. The molecule has 2 nitrogen and oxygen atoms in total. The molecule has 6 heteroatoms. The summed E-state index contributed by atoms with van der Waals surface area (Å²) in [7, 11) is 0. The van der Waals surface area contributed by atoms with Gasteiger partial charge in [-0.1, -0.05) is 45.7 Å². The monoisotopic (exact) mass is 388 g/mol. The van der Waals surface area contributed by atoms with Gasteiger partial charge >= 0.3 is 0 Å². The minimum Gasteiger partial charge on any atom is -0.271 e. The van der Waals surface area contributed by atoms with E-state index in [-0.39, 0.29) is 11.1 Å². The van der Waals surface area contributed by atoms with Crippen LogP contribution < -0.4 is 11.3 Å². The first-order valence-corrected chi connectivity index (χ1v) is 8.53. The summed E-state index contributed by atoms with van der Waals surface area (Å²) in [6.07, 6.45) is 0.577. The van der Waals surface area contributed by atoms with Crippen molar-refractivity contribution in [1.82, 2.24) is 5.43 Å². The summed E-state index contributed by atoms with van der Waals surface area (Å²) in [6.45, 7) is 0. The lowest BCUT2D eigenvalue weighted by Gasteiger charge is -2.16. The molecule has 2 aromatic rings. The maximum absolute atomic E-state index is 13.4. The van der Waals surface area contributed by atoms with Crippen molar-refractivity contribution in [2.75, 3.05) is 5.75 Å². The van der Waals surface area contributed by atoms with Crippen LogP contribution in [0.15, 0.2) is 51.8 Å². The summed E-state index contributed by atoms with van der Waals surface area (Å²) in [5, 5.41) is 0.171. The maximum Gasteiger partial charge on any atom is 0.142 e. The van der Waals surface area contributed by atoms with Crippen molar-refractivity contribution in [3.63, 3.8) is 0 Å². The second-order valence-electron chi connectivity index (χ2n) is 4.55. The summed E-state index contributed by atoms with van der Waals surface area (Å²) in [4.78, 5) is 1.15. The number of halogens is 3. The van der Waals surface area contributed by atoms with Gasteiger partial charge in [0.15, 0.2) is 0 Å². The number of thioether (sulfide) groups is 1. The summed E-state index contributed by atoms with van der Waals surface area (Å²) in [5.74, 6) is 5.96. The van der Waals surface area contributed by atoms with Crippen LogP contribution in [0.2, 0.25) is 5.02 Å². The topological polar surface area (TPSA) is 38.0 Å². The summed E-state index contributed by atoms with van der Waals surface area (Å²) >= 11 is 11.1. The van der Waals surface area contributed by atoms with Crippen LogP contribution in [-0.4, -0.2) is 11.8 Å². The van der Waals surface area contributed by atoms with E-state index >= 15 is 0 Å². The van der Waals surface area contributed by atoms with Gasteiger partial charge in [0.1, 0.15) is 5.82 Å². The first-order chi connectivity index (χ1) is 10.1. The molecule has 0 heterocycles. The van der Waals surface area contributed by atoms with E-state index in [1.807, 2.05) is 30.3 Å². The molecule has 3 N–H and O–H groups in total. The van der Waals surface area contributed by atoms with Gasteiger partial charge in [-0.15, -0.1) is 11.8 Å². The number of hydrogen-bond acceptors (Lipinski definition) is 3. The maximum atomic E-state index is 13.4. The van der Waals surface area contributed by atoms with Gasteiger partial charge in [-0.05, 0) is 36.2 Å². The lowest BCUT2D eigenvalue weighted by atomic mass is 10.1. The summed E-state index contributed by atoms with van der Waals surface area (Å²) in [5.41, 5.74) is 3.53. The molecule has 2 aromatic carbocycles. The van der Waals surface area contributed by atoms with Crippen molar-refractivity contribution in [2.45, 2.75) is 17.4 Å². The molecule has 0 bridgehead atoms. The quantitative estimate of drug-likeness (QED) is 0.437. The molecule has 0 radical (unpaired) electrons. The number of rotatable bonds is 6. The Balaban J connectivity index is 1.99. The third-order valence-corrected chi connectivity index (χ3v) is 5.05. The van der Waals surface area contributed by atoms with E-state index in [1.165, 1.54) is 6.07 Å². The standard InChI is InChI=1S/C15H15BrClFN2S/c16-11-4-2-5-13(8-11)21-9-12(20-19)7-10-3-1-6-14(18)15(10)17/h1-6,8,12,20H,7,9,19H2. The Kier molecular flexibility index (Phi) is 6.51. The number of nitrogens with two attached hydrogens (primary N) is 1. The van der Waals surface area contributed by atoms with Crippen LogP contribution in [0.25, 0.3) is 0 Å². The lowest BCUT2D eigenvalue weighted by molar-refractivity contribution is 0.571. The van der Waals surface area contributed by atoms with Crippen molar-refractivity contribution >= 4 is 39.3 Å². The van der Waals surface area contributed by atoms with E-state index in [2.05, 4.69) is 21.4 Å². The molecule has 0 aliphatic rings. The van der Waals surface area contributed by atoms with Gasteiger partial charge in [0.25, 0.3) is 0 Å². The SMILES string of the molecule is NNC(CSc1cccc(Br)c1)Cc1cccc(F)c1Cl. The molecule has 1 unspecified atom stereocenters. The van der Waals surface area contributed by atoms with Crippen LogP contribution in [0, 0.1) is 5.82 Å². The molecule has 21 heavy (non-hydrogen) atoms. The van der Waals surface area contributed by atoms with Gasteiger partial charge < -0.3 is 0 Å². The molecule has 0 saturated heterocycles. The van der Waals surface area contributed by atoms with Crippen LogP contribution in [0.4, 0.5) is 4.39 Å². The van der Waals surface area contributed by atoms with Crippen molar-refractivity contribution in [3.8, 4) is 0 Å². The molecule has 0 fully saturated rings. The highest BCUT2D eigenvalue weighted by molar-refractivity contribution is 9.10. The van der Waals surface area contributed by atoms with E-state index in [1.54, 1.807) is 17.8 Å². The van der Waals surface area contributed by atoms with E-state index < -0.39 is 5.82 Å². The molecular formula is C15H15BrClFN2S. The summed E-state index contributed by atoms with van der Waals surface area (Å²) in [6, 6.07) is 12.9. The van der Waals surface area contributed by atoms with Crippen molar-refractivity contribution < 1.29 is 4.39 Å². The molecule has 112 valence electrons. The second kappa shape index (κ2) is 8.15. The van der Waals surface area contributed by atoms with Crippen LogP contribution in [0.1, 0.15) is 5.56 Å². The molecule has 1 atom stereocenters. The number of hydrogen-bond donors (Lipinski definition) is 2. The van der Waals surface area contributed by atoms with Crippen molar-refractivity contribution in [3.05, 3.63) is 63.3 Å². The first-order valence-electron chi connectivity index (χ1n) is 6.37. The Morgan fingerprint density at radius 2 is 2.05 bits per heavy atom. The zero-order valence-electron chi connectivity index (χ0n) is 11.2. The van der Waals surface area contributed by atoms with Crippen LogP contribution in [-0.2, 0) is 6.42 Å². The van der Waals surface area contributed by atoms with E-state index in [4.69, 9.17) is 17.4 Å². The summed E-state index contributed by atoms with van der Waals surface area (Å²) < 4.78 is 14.5. The zero-order valence-corrected chi connectivity index (χ0v) is 14.3. The highest BCUT2D eigenvalue weighted by Crippen LogP contribution is 2.25. The molecule has 2 rings (SSSR count).